The maximum Gasteiger partial charge on any atom is 0.271 e. The molecule has 2 aromatic carbocycles. The van der Waals surface area contributed by atoms with Gasteiger partial charge in [0.1, 0.15) is 12.4 Å². The lowest BCUT2D eigenvalue weighted by molar-refractivity contribution is -0.384. The molecule has 1 aromatic heterocycles. The smallest absolute Gasteiger partial charge is 0.271 e. The van der Waals surface area contributed by atoms with E-state index in [0.717, 1.165) is 11.8 Å². The molecule has 0 aliphatic rings. The van der Waals surface area contributed by atoms with Gasteiger partial charge in [-0.05, 0) is 31.2 Å². The summed E-state index contributed by atoms with van der Waals surface area (Å²) < 4.78 is 7.52. The molecule has 1 amide bonds. The lowest BCUT2D eigenvalue weighted by Crippen LogP contribution is -2.15. The number of non-ortho nitro benzene ring substituents is 1. The minimum absolute atomic E-state index is 0.00102. The van der Waals surface area contributed by atoms with Crippen molar-refractivity contribution in [2.45, 2.75) is 25.2 Å². The largest absolute Gasteiger partial charge is 0.484 e. The van der Waals surface area contributed by atoms with Gasteiger partial charge in [0, 0.05) is 23.7 Å². The predicted molar refractivity (Wildman–Crippen MR) is 124 cm³/mol. The summed E-state index contributed by atoms with van der Waals surface area (Å²) in [4.78, 5) is 22.7. The van der Waals surface area contributed by atoms with Gasteiger partial charge in [-0.25, -0.2) is 0 Å². The molecule has 0 bridgehead atoms. The number of nitrogens with zero attached hydrogens (tertiary/aromatic N) is 4. The lowest BCUT2D eigenvalue weighted by Gasteiger charge is -2.10. The average Bonchev–Trinajstić information content (AvgIpc) is 3.14. The molecule has 0 radical (unpaired) electrons. The highest BCUT2D eigenvalue weighted by atomic mass is 35.5. The molecule has 3 aromatic rings. The summed E-state index contributed by atoms with van der Waals surface area (Å²) in [5, 5.41) is 23.3. The number of rotatable bonds is 9. The fraction of sp³-hybridized carbons (Fsp3) is 0.211. The fourth-order valence-electron chi connectivity index (χ4n) is 2.62. The molecule has 0 fully saturated rings. The van der Waals surface area contributed by atoms with Crippen LogP contribution < -0.4 is 10.1 Å². The number of carbonyl (C=O) groups excluding carboxylic acids is 1. The second kappa shape index (κ2) is 10.9. The van der Waals surface area contributed by atoms with Crippen LogP contribution in [0.15, 0.2) is 41.6 Å². The van der Waals surface area contributed by atoms with E-state index >= 15 is 0 Å². The van der Waals surface area contributed by atoms with Crippen LogP contribution in [0.25, 0.3) is 0 Å². The standard InChI is InChI=1S/C19H16Cl3N5O4S/c1-2-26-17(9-31-16-6-3-11(20)7-14(16)22)24-25-19(26)32-10-18(28)23-15-8-12(27(29)30)4-5-13(15)21/h3-8H,2,9-10H2,1H3,(H,23,28). The Bertz CT molecular complexity index is 1160. The van der Waals surface area contributed by atoms with E-state index < -0.39 is 10.8 Å². The van der Waals surface area contributed by atoms with Gasteiger partial charge in [0.2, 0.25) is 5.91 Å². The number of amides is 1. The van der Waals surface area contributed by atoms with Crippen molar-refractivity contribution in [3.8, 4) is 5.75 Å². The third kappa shape index (κ3) is 6.04. The van der Waals surface area contributed by atoms with Crippen molar-refractivity contribution in [1.29, 1.82) is 0 Å². The minimum atomic E-state index is -0.564. The SMILES string of the molecule is CCn1c(COc2ccc(Cl)cc2Cl)nnc1SCC(=O)Nc1cc([N+](=O)[O-])ccc1Cl. The topological polar surface area (TPSA) is 112 Å². The molecule has 0 saturated carbocycles. The number of benzene rings is 2. The van der Waals surface area contributed by atoms with E-state index in [1.165, 1.54) is 18.2 Å². The molecule has 0 atom stereocenters. The fourth-order valence-corrected chi connectivity index (χ4v) is 4.07. The first-order valence-corrected chi connectivity index (χ1v) is 11.3. The second-order valence-corrected chi connectivity index (χ2v) is 8.46. The number of halogens is 3. The zero-order chi connectivity index (χ0) is 23.3. The Kier molecular flexibility index (Phi) is 8.19. The monoisotopic (exact) mass is 515 g/mol. The highest BCUT2D eigenvalue weighted by Gasteiger charge is 2.16. The molecule has 0 aliphatic carbocycles. The Labute approximate surface area is 202 Å². The van der Waals surface area contributed by atoms with E-state index in [2.05, 4.69) is 15.5 Å². The average molecular weight is 517 g/mol. The number of thioether (sulfide) groups is 1. The Morgan fingerprint density at radius 1 is 1.19 bits per heavy atom. The molecule has 32 heavy (non-hydrogen) atoms. The van der Waals surface area contributed by atoms with Gasteiger partial charge < -0.3 is 14.6 Å². The van der Waals surface area contributed by atoms with Crippen LogP contribution in [0.3, 0.4) is 0 Å². The van der Waals surface area contributed by atoms with Crippen LogP contribution >= 0.6 is 46.6 Å². The van der Waals surface area contributed by atoms with Gasteiger partial charge in [0.25, 0.3) is 5.69 Å². The third-order valence-corrected chi connectivity index (χ3v) is 5.95. The highest BCUT2D eigenvalue weighted by Crippen LogP contribution is 2.29. The number of nitrogens with one attached hydrogen (secondary N) is 1. The van der Waals surface area contributed by atoms with Gasteiger partial charge in [-0.3, -0.25) is 14.9 Å². The number of aromatic nitrogens is 3. The van der Waals surface area contributed by atoms with E-state index in [-0.39, 0.29) is 28.8 Å². The Hall–Kier alpha value is -2.53. The first-order chi connectivity index (χ1) is 15.3. The zero-order valence-corrected chi connectivity index (χ0v) is 19.6. The molecule has 1 N–H and O–H groups in total. The van der Waals surface area contributed by atoms with Crippen LogP contribution in [-0.2, 0) is 17.9 Å². The number of hydrogen-bond acceptors (Lipinski definition) is 7. The molecule has 9 nitrogen and oxygen atoms in total. The van der Waals surface area contributed by atoms with E-state index in [9.17, 15) is 14.9 Å². The molecule has 0 aliphatic heterocycles. The Morgan fingerprint density at radius 2 is 1.97 bits per heavy atom. The van der Waals surface area contributed by atoms with Crippen LogP contribution in [0.1, 0.15) is 12.7 Å². The second-order valence-electron chi connectivity index (χ2n) is 6.26. The normalized spacial score (nSPS) is 10.8. The van der Waals surface area contributed by atoms with Gasteiger partial charge in [-0.1, -0.05) is 46.6 Å². The molecular weight excluding hydrogens is 501 g/mol. The summed E-state index contributed by atoms with van der Waals surface area (Å²) in [5.74, 6) is 0.627. The Morgan fingerprint density at radius 3 is 2.66 bits per heavy atom. The van der Waals surface area contributed by atoms with Crippen molar-refractivity contribution in [2.24, 2.45) is 0 Å². The summed E-state index contributed by atoms with van der Waals surface area (Å²) in [6.45, 7) is 2.59. The van der Waals surface area contributed by atoms with Gasteiger partial charge in [-0.2, -0.15) is 0 Å². The lowest BCUT2D eigenvalue weighted by atomic mass is 10.3. The number of ether oxygens (including phenoxy) is 1. The predicted octanol–water partition coefficient (Wildman–Crippen LogP) is 5.48. The van der Waals surface area contributed by atoms with Crippen molar-refractivity contribution < 1.29 is 14.5 Å². The van der Waals surface area contributed by atoms with E-state index in [1.54, 1.807) is 18.2 Å². The number of hydrogen-bond donors (Lipinski definition) is 1. The number of carbonyl (C=O) groups is 1. The summed E-state index contributed by atoms with van der Waals surface area (Å²) in [6, 6.07) is 8.73. The van der Waals surface area contributed by atoms with Crippen molar-refractivity contribution >= 4 is 63.8 Å². The third-order valence-electron chi connectivity index (χ3n) is 4.13. The number of nitro groups is 1. The van der Waals surface area contributed by atoms with Crippen molar-refractivity contribution in [3.63, 3.8) is 0 Å². The van der Waals surface area contributed by atoms with Crippen LogP contribution in [-0.4, -0.2) is 31.3 Å². The molecule has 13 heteroatoms. The van der Waals surface area contributed by atoms with Crippen LogP contribution in [0.4, 0.5) is 11.4 Å². The van der Waals surface area contributed by atoms with Crippen LogP contribution in [0, 0.1) is 10.1 Å². The summed E-state index contributed by atoms with van der Waals surface area (Å²) in [5.41, 5.74) is -0.00845. The van der Waals surface area contributed by atoms with Crippen LogP contribution in [0.2, 0.25) is 15.1 Å². The molecular formula is C19H16Cl3N5O4S. The summed E-state index contributed by atoms with van der Waals surface area (Å²) >= 11 is 19.2. The first-order valence-electron chi connectivity index (χ1n) is 9.15. The molecule has 0 spiro atoms. The number of nitro benzene ring substituents is 1. The molecule has 0 unspecified atom stereocenters. The van der Waals surface area contributed by atoms with Crippen molar-refractivity contribution in [2.75, 3.05) is 11.1 Å². The van der Waals surface area contributed by atoms with Gasteiger partial charge in [-0.15, -0.1) is 10.2 Å². The van der Waals surface area contributed by atoms with Gasteiger partial charge >= 0.3 is 0 Å². The van der Waals surface area contributed by atoms with Crippen molar-refractivity contribution in [1.82, 2.24) is 14.8 Å². The summed E-state index contributed by atoms with van der Waals surface area (Å²) in [7, 11) is 0. The minimum Gasteiger partial charge on any atom is -0.484 e. The summed E-state index contributed by atoms with van der Waals surface area (Å²) in [6.07, 6.45) is 0. The van der Waals surface area contributed by atoms with Gasteiger partial charge in [0.15, 0.2) is 11.0 Å². The van der Waals surface area contributed by atoms with Crippen molar-refractivity contribution in [3.05, 3.63) is 67.4 Å². The maximum atomic E-state index is 12.3. The zero-order valence-electron chi connectivity index (χ0n) is 16.5. The van der Waals surface area contributed by atoms with E-state index in [4.69, 9.17) is 39.5 Å². The molecule has 0 saturated heterocycles. The maximum absolute atomic E-state index is 12.3. The number of anilines is 1. The molecule has 1 heterocycles. The first kappa shape index (κ1) is 24.1. The highest BCUT2D eigenvalue weighted by molar-refractivity contribution is 7.99. The van der Waals surface area contributed by atoms with Crippen LogP contribution in [0.5, 0.6) is 5.75 Å². The Balaban J connectivity index is 1.62. The van der Waals surface area contributed by atoms with Gasteiger partial charge in [0.05, 0.1) is 26.4 Å². The quantitative estimate of drug-likeness (QED) is 0.228. The van der Waals surface area contributed by atoms with E-state index in [1.807, 2.05) is 11.5 Å². The molecule has 3 rings (SSSR count). The van der Waals surface area contributed by atoms with E-state index in [0.29, 0.717) is 33.3 Å². The molecule has 168 valence electrons.